The first-order chi connectivity index (χ1) is 16.4. The summed E-state index contributed by atoms with van der Waals surface area (Å²) in [5, 5.41) is 2.40. The maximum absolute atomic E-state index is 12.8. The largest absolute Gasteiger partial charge is 0.497 e. The monoisotopic (exact) mass is 502 g/mol. The van der Waals surface area contributed by atoms with E-state index in [4.69, 9.17) is 25.8 Å². The molecule has 1 saturated heterocycles. The standard InChI is InChI=1S/C24H23ClN2O6S/c1-4-10-33-22-18(25)11-15(12-19(22)32-5-2)13-20-23(29)27(24(30)34-20)14-21(28)26-16-6-8-17(31-3)9-7-16/h4,6-9,11-13H,1,5,10,14H2,2-3H3,(H,26,28)/b20-13+. The van der Waals surface area contributed by atoms with Gasteiger partial charge in [0.25, 0.3) is 11.1 Å². The van der Waals surface area contributed by atoms with Crippen LogP contribution in [0.2, 0.25) is 5.02 Å². The molecular weight excluding hydrogens is 480 g/mol. The van der Waals surface area contributed by atoms with E-state index in [9.17, 15) is 14.4 Å². The smallest absolute Gasteiger partial charge is 0.294 e. The minimum atomic E-state index is -0.569. The molecule has 0 aliphatic carbocycles. The van der Waals surface area contributed by atoms with Gasteiger partial charge in [-0.3, -0.25) is 19.3 Å². The zero-order valence-electron chi connectivity index (χ0n) is 18.6. The average molecular weight is 503 g/mol. The molecule has 1 aliphatic heterocycles. The van der Waals surface area contributed by atoms with E-state index in [1.54, 1.807) is 42.5 Å². The number of methoxy groups -OCH3 is 1. The molecule has 8 nitrogen and oxygen atoms in total. The number of nitrogens with zero attached hydrogens (tertiary/aromatic N) is 1. The number of amides is 3. The van der Waals surface area contributed by atoms with Crippen molar-refractivity contribution in [1.82, 2.24) is 4.90 Å². The Morgan fingerprint density at radius 2 is 1.94 bits per heavy atom. The molecule has 3 rings (SSSR count). The van der Waals surface area contributed by atoms with E-state index in [1.807, 2.05) is 6.92 Å². The van der Waals surface area contributed by atoms with Crippen molar-refractivity contribution >= 4 is 52.2 Å². The predicted octanol–water partition coefficient (Wildman–Crippen LogP) is 4.99. The molecular formula is C24H23ClN2O6S. The van der Waals surface area contributed by atoms with Crippen LogP contribution < -0.4 is 19.5 Å². The average Bonchev–Trinajstić information content (AvgIpc) is 3.06. The number of imide groups is 1. The predicted molar refractivity (Wildman–Crippen MR) is 133 cm³/mol. The summed E-state index contributed by atoms with van der Waals surface area (Å²) in [5.74, 6) is 0.340. The Balaban J connectivity index is 1.74. The highest BCUT2D eigenvalue weighted by molar-refractivity contribution is 8.18. The molecule has 1 fully saturated rings. The molecule has 0 radical (unpaired) electrons. The molecule has 178 valence electrons. The maximum Gasteiger partial charge on any atom is 0.294 e. The number of benzene rings is 2. The molecule has 0 atom stereocenters. The minimum absolute atomic E-state index is 0.167. The Hall–Kier alpha value is -3.43. The molecule has 3 amide bonds. The van der Waals surface area contributed by atoms with Gasteiger partial charge >= 0.3 is 0 Å². The van der Waals surface area contributed by atoms with E-state index in [1.165, 1.54) is 13.2 Å². The zero-order valence-corrected chi connectivity index (χ0v) is 20.2. The molecule has 1 heterocycles. The first-order valence-electron chi connectivity index (χ1n) is 10.3. The summed E-state index contributed by atoms with van der Waals surface area (Å²) >= 11 is 7.10. The summed E-state index contributed by atoms with van der Waals surface area (Å²) in [7, 11) is 1.54. The number of ether oxygens (including phenoxy) is 3. The van der Waals surface area contributed by atoms with Crippen molar-refractivity contribution in [3.63, 3.8) is 0 Å². The van der Waals surface area contributed by atoms with Gasteiger partial charge < -0.3 is 19.5 Å². The Bertz CT molecular complexity index is 1130. The van der Waals surface area contributed by atoms with Gasteiger partial charge in [-0.2, -0.15) is 0 Å². The number of hydrogen-bond donors (Lipinski definition) is 1. The van der Waals surface area contributed by atoms with Crippen LogP contribution >= 0.6 is 23.4 Å². The second kappa shape index (κ2) is 11.6. The lowest BCUT2D eigenvalue weighted by molar-refractivity contribution is -0.127. The summed E-state index contributed by atoms with van der Waals surface area (Å²) < 4.78 is 16.3. The normalized spacial score (nSPS) is 14.3. The Morgan fingerprint density at radius 1 is 1.21 bits per heavy atom. The first kappa shape index (κ1) is 25.2. The molecule has 0 spiro atoms. The molecule has 10 heteroatoms. The van der Waals surface area contributed by atoms with Crippen molar-refractivity contribution in [2.45, 2.75) is 6.92 Å². The van der Waals surface area contributed by atoms with Crippen LogP contribution in [0.4, 0.5) is 10.5 Å². The van der Waals surface area contributed by atoms with Crippen molar-refractivity contribution in [1.29, 1.82) is 0 Å². The number of thioether (sulfide) groups is 1. The van der Waals surface area contributed by atoms with Crippen LogP contribution in [0, 0.1) is 0 Å². The SMILES string of the molecule is C=CCOc1c(Cl)cc(/C=C2/SC(=O)N(CC(=O)Nc3ccc(OC)cc3)C2=O)cc1OCC. The molecule has 34 heavy (non-hydrogen) atoms. The van der Waals surface area contributed by atoms with E-state index < -0.39 is 23.6 Å². The number of rotatable bonds is 10. The van der Waals surface area contributed by atoms with Gasteiger partial charge in [0.2, 0.25) is 5.91 Å². The number of halogens is 1. The molecule has 2 aromatic rings. The highest BCUT2D eigenvalue weighted by atomic mass is 35.5. The summed E-state index contributed by atoms with van der Waals surface area (Å²) in [4.78, 5) is 38.7. The highest BCUT2D eigenvalue weighted by Crippen LogP contribution is 2.39. The number of carbonyl (C=O) groups excluding carboxylic acids is 3. The second-order valence-corrected chi connectivity index (χ2v) is 8.31. The van der Waals surface area contributed by atoms with Gasteiger partial charge in [-0.1, -0.05) is 24.3 Å². The molecule has 1 aliphatic rings. The molecule has 1 N–H and O–H groups in total. The molecule has 0 aromatic heterocycles. The van der Waals surface area contributed by atoms with Gasteiger partial charge in [-0.25, -0.2) is 0 Å². The third-order valence-electron chi connectivity index (χ3n) is 4.52. The van der Waals surface area contributed by atoms with E-state index in [-0.39, 0.29) is 16.5 Å². The Labute approximate surface area is 206 Å². The highest BCUT2D eigenvalue weighted by Gasteiger charge is 2.36. The van der Waals surface area contributed by atoms with Crippen LogP contribution in [-0.4, -0.2) is 48.8 Å². The van der Waals surface area contributed by atoms with Crippen LogP contribution in [0.1, 0.15) is 12.5 Å². The van der Waals surface area contributed by atoms with Crippen LogP contribution in [0.3, 0.4) is 0 Å². The van der Waals surface area contributed by atoms with Gasteiger partial charge in [0, 0.05) is 5.69 Å². The summed E-state index contributed by atoms with van der Waals surface area (Å²) in [6.07, 6.45) is 3.11. The third-order valence-corrected chi connectivity index (χ3v) is 5.71. The van der Waals surface area contributed by atoms with Crippen LogP contribution in [-0.2, 0) is 9.59 Å². The van der Waals surface area contributed by atoms with Crippen LogP contribution in [0.5, 0.6) is 17.2 Å². The van der Waals surface area contributed by atoms with Crippen LogP contribution in [0.15, 0.2) is 54.0 Å². The van der Waals surface area contributed by atoms with Gasteiger partial charge in [0.15, 0.2) is 11.5 Å². The fourth-order valence-electron chi connectivity index (χ4n) is 3.02. The van der Waals surface area contributed by atoms with Gasteiger partial charge in [-0.05, 0) is 66.7 Å². The summed E-state index contributed by atoms with van der Waals surface area (Å²) in [6, 6.07) is 9.96. The molecule has 0 bridgehead atoms. The lowest BCUT2D eigenvalue weighted by Gasteiger charge is -2.14. The van der Waals surface area contributed by atoms with Crippen molar-refractivity contribution in [2.75, 3.05) is 32.2 Å². The van der Waals surface area contributed by atoms with Crippen molar-refractivity contribution < 1.29 is 28.6 Å². The van der Waals surface area contributed by atoms with Gasteiger partial charge in [0.1, 0.15) is 18.9 Å². The molecule has 0 unspecified atom stereocenters. The second-order valence-electron chi connectivity index (χ2n) is 6.91. The van der Waals surface area contributed by atoms with E-state index in [0.717, 1.165) is 16.7 Å². The maximum atomic E-state index is 12.8. The number of anilines is 1. The first-order valence-corrected chi connectivity index (χ1v) is 11.4. The van der Waals surface area contributed by atoms with Crippen LogP contribution in [0.25, 0.3) is 6.08 Å². The van der Waals surface area contributed by atoms with E-state index in [2.05, 4.69) is 11.9 Å². The zero-order chi connectivity index (χ0) is 24.7. The Kier molecular flexibility index (Phi) is 8.61. The van der Waals surface area contributed by atoms with Gasteiger partial charge in [0.05, 0.1) is 23.6 Å². The third kappa shape index (κ3) is 6.12. The van der Waals surface area contributed by atoms with Crippen molar-refractivity contribution in [3.8, 4) is 17.2 Å². The summed E-state index contributed by atoms with van der Waals surface area (Å²) in [5.41, 5.74) is 1.07. The van der Waals surface area contributed by atoms with E-state index >= 15 is 0 Å². The van der Waals surface area contributed by atoms with E-state index in [0.29, 0.717) is 35.1 Å². The van der Waals surface area contributed by atoms with Gasteiger partial charge in [-0.15, -0.1) is 0 Å². The molecule has 0 saturated carbocycles. The fraction of sp³-hybridized carbons (Fsp3) is 0.208. The Morgan fingerprint density at radius 3 is 2.59 bits per heavy atom. The fourth-order valence-corrected chi connectivity index (χ4v) is 4.13. The minimum Gasteiger partial charge on any atom is -0.497 e. The number of hydrogen-bond acceptors (Lipinski definition) is 7. The van der Waals surface area contributed by atoms with Crippen molar-refractivity contribution in [2.24, 2.45) is 0 Å². The topological polar surface area (TPSA) is 94.2 Å². The lowest BCUT2D eigenvalue weighted by atomic mass is 10.1. The summed E-state index contributed by atoms with van der Waals surface area (Å²) in [6.45, 7) is 5.65. The van der Waals surface area contributed by atoms with Crippen molar-refractivity contribution in [3.05, 3.63) is 64.5 Å². The molecule has 2 aromatic carbocycles. The number of carbonyl (C=O) groups is 3. The number of nitrogens with one attached hydrogen (secondary N) is 1. The lowest BCUT2D eigenvalue weighted by Crippen LogP contribution is -2.36. The quantitative estimate of drug-likeness (QED) is 0.361.